The number of methoxy groups -OCH3 is 1. The Morgan fingerprint density at radius 3 is 2.74 bits per heavy atom. The molecule has 1 aliphatic heterocycles. The highest BCUT2D eigenvalue weighted by Gasteiger charge is 2.37. The molecule has 4 aromatic rings. The van der Waals surface area contributed by atoms with Crippen LogP contribution in [0.15, 0.2) is 67.0 Å². The normalized spacial score (nSPS) is 17.6. The molecule has 0 aliphatic carbocycles. The quantitative estimate of drug-likeness (QED) is 0.367. The molecule has 38 heavy (non-hydrogen) atoms. The number of rotatable bonds is 8. The fourth-order valence-electron chi connectivity index (χ4n) is 4.56. The van der Waals surface area contributed by atoms with Gasteiger partial charge in [0, 0.05) is 44.6 Å². The van der Waals surface area contributed by atoms with E-state index in [1.54, 1.807) is 39.9 Å². The van der Waals surface area contributed by atoms with Crippen molar-refractivity contribution in [2.75, 3.05) is 32.1 Å². The predicted molar refractivity (Wildman–Crippen MR) is 140 cm³/mol. The molecular weight excluding hydrogens is 489 g/mol. The second-order valence-corrected chi connectivity index (χ2v) is 9.14. The van der Waals surface area contributed by atoms with E-state index in [9.17, 15) is 9.18 Å². The molecular formula is C27H30FN7O3. The van der Waals surface area contributed by atoms with Crippen LogP contribution in [0, 0.1) is 12.7 Å². The Morgan fingerprint density at radius 2 is 2.03 bits per heavy atom. The van der Waals surface area contributed by atoms with Gasteiger partial charge in [-0.2, -0.15) is 15.3 Å². The van der Waals surface area contributed by atoms with Crippen molar-refractivity contribution in [3.63, 3.8) is 0 Å². The van der Waals surface area contributed by atoms with E-state index in [2.05, 4.69) is 15.7 Å². The number of ether oxygens (including phenoxy) is 1. The Kier molecular flexibility index (Phi) is 7.50. The van der Waals surface area contributed by atoms with Gasteiger partial charge in [-0.15, -0.1) is 0 Å². The van der Waals surface area contributed by atoms with E-state index < -0.39 is 18.2 Å². The van der Waals surface area contributed by atoms with E-state index >= 15 is 0 Å². The molecule has 2 aromatic carbocycles. The first-order chi connectivity index (χ1) is 18.4. The molecule has 2 atom stereocenters. The molecule has 11 heteroatoms. The SMILES string of the molecule is COCCN1C[C@@H](NC(=O)Nc2c(C)c(-c3cnn(C)c3)nn2-c2ccccc2)[C@H](c2cccc(F)c2)O1. The molecule has 0 spiro atoms. The Morgan fingerprint density at radius 1 is 1.21 bits per heavy atom. The van der Waals surface area contributed by atoms with Crippen molar-refractivity contribution in [1.82, 2.24) is 29.9 Å². The van der Waals surface area contributed by atoms with Crippen LogP contribution in [0.3, 0.4) is 0 Å². The number of hydrogen-bond donors (Lipinski definition) is 2. The summed E-state index contributed by atoms with van der Waals surface area (Å²) in [5, 5.41) is 16.8. The van der Waals surface area contributed by atoms with Crippen LogP contribution in [-0.2, 0) is 16.6 Å². The first-order valence-corrected chi connectivity index (χ1v) is 12.3. The second-order valence-electron chi connectivity index (χ2n) is 9.14. The van der Waals surface area contributed by atoms with Crippen LogP contribution in [0.25, 0.3) is 16.9 Å². The molecule has 3 heterocycles. The summed E-state index contributed by atoms with van der Waals surface area (Å²) >= 11 is 0. The molecule has 0 radical (unpaired) electrons. The van der Waals surface area contributed by atoms with E-state index in [0.717, 1.165) is 16.8 Å². The summed E-state index contributed by atoms with van der Waals surface area (Å²) in [5.74, 6) is 0.167. The van der Waals surface area contributed by atoms with Crippen LogP contribution in [0.1, 0.15) is 17.2 Å². The Bertz CT molecular complexity index is 1400. The number of anilines is 1. The molecule has 0 saturated carbocycles. The number of aromatic nitrogens is 4. The van der Waals surface area contributed by atoms with Gasteiger partial charge in [0.2, 0.25) is 0 Å². The molecule has 0 unspecified atom stereocenters. The van der Waals surface area contributed by atoms with Gasteiger partial charge in [-0.05, 0) is 36.8 Å². The second kappa shape index (κ2) is 11.1. The van der Waals surface area contributed by atoms with Crippen molar-refractivity contribution in [2.24, 2.45) is 7.05 Å². The molecule has 1 aliphatic rings. The molecule has 1 fully saturated rings. The van der Waals surface area contributed by atoms with E-state index in [-0.39, 0.29) is 5.82 Å². The maximum absolute atomic E-state index is 14.0. The van der Waals surface area contributed by atoms with Gasteiger partial charge in [-0.1, -0.05) is 30.3 Å². The summed E-state index contributed by atoms with van der Waals surface area (Å²) in [5.41, 5.74) is 3.79. The van der Waals surface area contributed by atoms with E-state index in [1.807, 2.05) is 50.5 Å². The predicted octanol–water partition coefficient (Wildman–Crippen LogP) is 3.85. The topological polar surface area (TPSA) is 98.5 Å². The zero-order valence-corrected chi connectivity index (χ0v) is 21.5. The Labute approximate surface area is 219 Å². The van der Waals surface area contributed by atoms with Gasteiger partial charge in [0.15, 0.2) is 0 Å². The van der Waals surface area contributed by atoms with E-state index in [0.29, 0.717) is 36.8 Å². The molecule has 5 rings (SSSR count). The first kappa shape index (κ1) is 25.6. The fourth-order valence-corrected chi connectivity index (χ4v) is 4.56. The van der Waals surface area contributed by atoms with Gasteiger partial charge in [-0.3, -0.25) is 14.8 Å². The van der Waals surface area contributed by atoms with Gasteiger partial charge in [-0.25, -0.2) is 13.9 Å². The highest BCUT2D eigenvalue weighted by atomic mass is 19.1. The number of hydrogen-bond acceptors (Lipinski definition) is 6. The van der Waals surface area contributed by atoms with Gasteiger partial charge in [0.25, 0.3) is 0 Å². The molecule has 0 bridgehead atoms. The summed E-state index contributed by atoms with van der Waals surface area (Å²) < 4.78 is 22.6. The largest absolute Gasteiger partial charge is 0.383 e. The van der Waals surface area contributed by atoms with Crippen LogP contribution in [0.4, 0.5) is 15.0 Å². The molecule has 2 N–H and O–H groups in total. The van der Waals surface area contributed by atoms with Crippen molar-refractivity contribution < 1.29 is 18.8 Å². The maximum atomic E-state index is 14.0. The fraction of sp³-hybridized carbons (Fsp3) is 0.296. The average Bonchev–Trinajstić information content (AvgIpc) is 3.61. The minimum atomic E-state index is -0.556. The van der Waals surface area contributed by atoms with Crippen molar-refractivity contribution in [3.8, 4) is 16.9 Å². The number of halogens is 1. The van der Waals surface area contributed by atoms with Crippen LogP contribution in [0.5, 0.6) is 0 Å². The summed E-state index contributed by atoms with van der Waals surface area (Å²) in [6.45, 7) is 3.29. The smallest absolute Gasteiger partial charge is 0.320 e. The van der Waals surface area contributed by atoms with Gasteiger partial charge >= 0.3 is 6.03 Å². The van der Waals surface area contributed by atoms with Crippen molar-refractivity contribution in [2.45, 2.75) is 19.1 Å². The third kappa shape index (κ3) is 5.44. The number of para-hydroxylation sites is 1. The van der Waals surface area contributed by atoms with Crippen LogP contribution < -0.4 is 10.6 Å². The third-order valence-corrected chi connectivity index (χ3v) is 6.40. The summed E-state index contributed by atoms with van der Waals surface area (Å²) in [6.07, 6.45) is 3.06. The van der Waals surface area contributed by atoms with E-state index in [1.165, 1.54) is 12.1 Å². The van der Waals surface area contributed by atoms with Gasteiger partial charge < -0.3 is 10.1 Å². The Hall–Kier alpha value is -4.06. The molecule has 198 valence electrons. The lowest BCUT2D eigenvalue weighted by atomic mass is 10.0. The van der Waals surface area contributed by atoms with Crippen LogP contribution in [0.2, 0.25) is 0 Å². The number of carbonyl (C=O) groups excluding carboxylic acids is 1. The van der Waals surface area contributed by atoms with Gasteiger partial charge in [0.05, 0.1) is 24.5 Å². The van der Waals surface area contributed by atoms with Crippen LogP contribution in [-0.4, -0.2) is 63.5 Å². The number of nitrogens with zero attached hydrogens (tertiary/aromatic N) is 5. The first-order valence-electron chi connectivity index (χ1n) is 12.3. The van der Waals surface area contributed by atoms with Crippen LogP contribution >= 0.6 is 0 Å². The zero-order chi connectivity index (χ0) is 26.6. The number of amides is 2. The van der Waals surface area contributed by atoms with E-state index in [4.69, 9.17) is 14.7 Å². The highest BCUT2D eigenvalue weighted by molar-refractivity contribution is 5.91. The lowest BCUT2D eigenvalue weighted by Gasteiger charge is -2.19. The summed E-state index contributed by atoms with van der Waals surface area (Å²) in [7, 11) is 3.45. The summed E-state index contributed by atoms with van der Waals surface area (Å²) in [4.78, 5) is 19.4. The Balaban J connectivity index is 1.41. The van der Waals surface area contributed by atoms with Crippen molar-refractivity contribution in [1.29, 1.82) is 0 Å². The van der Waals surface area contributed by atoms with Crippen molar-refractivity contribution in [3.05, 3.63) is 83.9 Å². The zero-order valence-electron chi connectivity index (χ0n) is 21.5. The van der Waals surface area contributed by atoms with Crippen molar-refractivity contribution >= 4 is 11.8 Å². The van der Waals surface area contributed by atoms with Gasteiger partial charge in [0.1, 0.15) is 23.4 Å². The molecule has 2 aromatic heterocycles. The number of hydroxylamine groups is 2. The maximum Gasteiger partial charge on any atom is 0.320 e. The monoisotopic (exact) mass is 519 g/mol. The molecule has 10 nitrogen and oxygen atoms in total. The number of aryl methyl sites for hydroxylation is 1. The number of nitrogens with one attached hydrogen (secondary N) is 2. The lowest BCUT2D eigenvalue weighted by Crippen LogP contribution is -2.42. The number of urea groups is 1. The number of carbonyl (C=O) groups is 1. The highest BCUT2D eigenvalue weighted by Crippen LogP contribution is 2.32. The minimum absolute atomic E-state index is 0.366. The third-order valence-electron chi connectivity index (χ3n) is 6.40. The standard InChI is InChI=1S/C27H30FN7O3/c1-18-24(20-15-29-33(2)16-20)32-35(22-10-5-4-6-11-22)26(18)31-27(36)30-23-17-34(12-13-37-3)38-25(23)19-8-7-9-21(28)14-19/h4-11,14-16,23,25H,12-13,17H2,1-3H3,(H2,30,31,36)/t23-,25+/m1/s1. The lowest BCUT2D eigenvalue weighted by molar-refractivity contribution is -0.154. The number of benzene rings is 2. The molecule has 2 amide bonds. The minimum Gasteiger partial charge on any atom is -0.383 e. The average molecular weight is 520 g/mol. The molecule has 1 saturated heterocycles. The summed E-state index contributed by atoms with van der Waals surface area (Å²) in [6, 6.07) is 14.9.